The van der Waals surface area contributed by atoms with Crippen LogP contribution in [0.15, 0.2) is 40.8 Å². The van der Waals surface area contributed by atoms with Gasteiger partial charge in [0.2, 0.25) is 0 Å². The topological polar surface area (TPSA) is 88.7 Å². The molecule has 2 aromatic heterocycles. The third-order valence-corrected chi connectivity index (χ3v) is 6.59. The van der Waals surface area contributed by atoms with E-state index in [-0.39, 0.29) is 11.7 Å². The van der Waals surface area contributed by atoms with Crippen molar-refractivity contribution in [2.24, 2.45) is 0 Å². The van der Waals surface area contributed by atoms with Crippen LogP contribution in [-0.2, 0) is 37.4 Å². The molecule has 0 radical (unpaired) electrons. The van der Waals surface area contributed by atoms with Gasteiger partial charge in [0, 0.05) is 58.5 Å². The Morgan fingerprint density at radius 1 is 1.03 bits per heavy atom. The molecule has 34 heavy (non-hydrogen) atoms. The smallest absolute Gasteiger partial charge is 0.287 e. The fourth-order valence-corrected chi connectivity index (χ4v) is 4.73. The number of carbonyl (C=O) groups is 1. The number of fused-ring (bicyclic) bond motifs is 1. The lowest BCUT2D eigenvalue weighted by molar-refractivity contribution is 0.0913. The van der Waals surface area contributed by atoms with Crippen LogP contribution >= 0.6 is 0 Å². The Hall–Kier alpha value is -3.17. The molecule has 0 spiro atoms. The molecule has 1 aromatic carbocycles. The maximum Gasteiger partial charge on any atom is 0.287 e. The number of hydrogen-bond acceptors (Lipinski definition) is 7. The highest BCUT2D eigenvalue weighted by Gasteiger charge is 2.20. The molecule has 1 amide bonds. The quantitative estimate of drug-likeness (QED) is 0.548. The molecule has 1 N–H and O–H groups in total. The van der Waals surface area contributed by atoms with Crippen molar-refractivity contribution in [2.45, 2.75) is 45.5 Å². The minimum absolute atomic E-state index is 0.268. The summed E-state index contributed by atoms with van der Waals surface area (Å²) >= 11 is 0. The van der Waals surface area contributed by atoms with Crippen LogP contribution in [0.25, 0.3) is 0 Å². The van der Waals surface area contributed by atoms with Gasteiger partial charge in [-0.3, -0.25) is 9.69 Å². The summed E-state index contributed by atoms with van der Waals surface area (Å²) < 4.78 is 12.7. The molecular weight excluding hydrogens is 432 g/mol. The number of ether oxygens (including phenoxy) is 1. The van der Waals surface area contributed by atoms with E-state index in [1.165, 1.54) is 37.2 Å². The number of hydrogen-bond donors (Lipinski definition) is 1. The van der Waals surface area contributed by atoms with Crippen molar-refractivity contribution in [3.8, 4) is 0 Å². The molecule has 180 valence electrons. The number of methoxy groups -OCH3 is 1. The summed E-state index contributed by atoms with van der Waals surface area (Å²) in [5.41, 5.74) is 2.67. The van der Waals surface area contributed by atoms with Crippen LogP contribution in [0.1, 0.15) is 46.4 Å². The molecule has 0 unspecified atom stereocenters. The molecule has 0 bridgehead atoms. The average molecular weight is 465 g/mol. The zero-order valence-electron chi connectivity index (χ0n) is 19.7. The highest BCUT2D eigenvalue weighted by molar-refractivity contribution is 5.91. The summed E-state index contributed by atoms with van der Waals surface area (Å²) in [7, 11) is 1.59. The number of amides is 1. The van der Waals surface area contributed by atoms with E-state index < -0.39 is 0 Å². The SMILES string of the molecule is COCc1ccc(C(=O)NCc2nnc3n2CCN(Cc2ccc(N4CCCC4)cc2)CC3)o1. The first-order chi connectivity index (χ1) is 16.7. The summed E-state index contributed by atoms with van der Waals surface area (Å²) in [5, 5.41) is 11.6. The number of nitrogens with zero attached hydrogens (tertiary/aromatic N) is 5. The van der Waals surface area contributed by atoms with Crippen molar-refractivity contribution in [1.82, 2.24) is 25.0 Å². The number of anilines is 1. The number of rotatable bonds is 8. The molecule has 0 atom stereocenters. The van der Waals surface area contributed by atoms with Gasteiger partial charge in [0.25, 0.3) is 5.91 Å². The molecule has 0 saturated carbocycles. The van der Waals surface area contributed by atoms with Gasteiger partial charge >= 0.3 is 0 Å². The lowest BCUT2D eigenvalue weighted by Gasteiger charge is -2.21. The van der Waals surface area contributed by atoms with E-state index in [9.17, 15) is 4.79 Å². The highest BCUT2D eigenvalue weighted by atomic mass is 16.5. The number of nitrogens with one attached hydrogen (secondary N) is 1. The Kier molecular flexibility index (Phi) is 6.92. The molecule has 4 heterocycles. The summed E-state index contributed by atoms with van der Waals surface area (Å²) in [5.74, 6) is 2.35. The predicted octanol–water partition coefficient (Wildman–Crippen LogP) is 2.61. The second-order valence-corrected chi connectivity index (χ2v) is 8.95. The van der Waals surface area contributed by atoms with Gasteiger partial charge in [0.05, 0.1) is 6.54 Å². The van der Waals surface area contributed by atoms with Gasteiger partial charge in [0.1, 0.15) is 18.2 Å². The maximum atomic E-state index is 12.4. The Bertz CT molecular complexity index is 1100. The molecule has 9 nitrogen and oxygen atoms in total. The Morgan fingerprint density at radius 3 is 2.65 bits per heavy atom. The first-order valence-corrected chi connectivity index (χ1v) is 12.0. The van der Waals surface area contributed by atoms with E-state index in [4.69, 9.17) is 9.15 Å². The summed E-state index contributed by atoms with van der Waals surface area (Å²) in [6, 6.07) is 12.4. The van der Waals surface area contributed by atoms with Crippen LogP contribution in [0.5, 0.6) is 0 Å². The third-order valence-electron chi connectivity index (χ3n) is 6.59. The van der Waals surface area contributed by atoms with Gasteiger partial charge in [-0.05, 0) is 42.7 Å². The standard InChI is InChI=1S/C25H32N6O3/c1-33-18-21-8-9-22(34-21)25(32)26-16-24-28-27-23-10-13-29(14-15-31(23)24)17-19-4-6-20(7-5-19)30-11-2-3-12-30/h4-9H,2-3,10-18H2,1H3,(H,26,32). The second-order valence-electron chi connectivity index (χ2n) is 8.95. The fraction of sp³-hybridized carbons (Fsp3) is 0.480. The minimum Gasteiger partial charge on any atom is -0.453 e. The molecular formula is C25H32N6O3. The molecule has 0 aliphatic carbocycles. The summed E-state index contributed by atoms with van der Waals surface area (Å²) in [6.07, 6.45) is 3.43. The highest BCUT2D eigenvalue weighted by Crippen LogP contribution is 2.21. The van der Waals surface area contributed by atoms with Crippen LogP contribution in [-0.4, -0.2) is 58.9 Å². The zero-order chi connectivity index (χ0) is 23.3. The molecule has 9 heteroatoms. The minimum atomic E-state index is -0.271. The number of aromatic nitrogens is 3. The van der Waals surface area contributed by atoms with Gasteiger partial charge in [0.15, 0.2) is 11.6 Å². The Labute approximate surface area is 199 Å². The van der Waals surface area contributed by atoms with Gasteiger partial charge in [-0.15, -0.1) is 10.2 Å². The van der Waals surface area contributed by atoms with Crippen molar-refractivity contribution in [2.75, 3.05) is 38.2 Å². The molecule has 2 aliphatic heterocycles. The maximum absolute atomic E-state index is 12.4. The third kappa shape index (κ3) is 5.15. The van der Waals surface area contributed by atoms with Crippen LogP contribution in [0, 0.1) is 0 Å². The number of carbonyl (C=O) groups excluding carboxylic acids is 1. The first kappa shape index (κ1) is 22.6. The predicted molar refractivity (Wildman–Crippen MR) is 127 cm³/mol. The van der Waals surface area contributed by atoms with E-state index >= 15 is 0 Å². The van der Waals surface area contributed by atoms with Crippen molar-refractivity contribution in [3.05, 3.63) is 65.1 Å². The van der Waals surface area contributed by atoms with E-state index in [0.29, 0.717) is 18.9 Å². The normalized spacial score (nSPS) is 16.4. The number of furan rings is 1. The fourth-order valence-electron chi connectivity index (χ4n) is 4.73. The lowest BCUT2D eigenvalue weighted by atomic mass is 10.2. The van der Waals surface area contributed by atoms with E-state index in [1.807, 2.05) is 0 Å². The van der Waals surface area contributed by atoms with Crippen molar-refractivity contribution < 1.29 is 13.9 Å². The Balaban J connectivity index is 1.15. The second kappa shape index (κ2) is 10.4. The van der Waals surface area contributed by atoms with Gasteiger partial charge < -0.3 is 23.9 Å². The molecule has 5 rings (SSSR count). The van der Waals surface area contributed by atoms with Crippen LogP contribution in [0.3, 0.4) is 0 Å². The first-order valence-electron chi connectivity index (χ1n) is 12.0. The van der Waals surface area contributed by atoms with Crippen LogP contribution in [0.2, 0.25) is 0 Å². The van der Waals surface area contributed by atoms with Crippen molar-refractivity contribution in [3.63, 3.8) is 0 Å². The summed E-state index contributed by atoms with van der Waals surface area (Å²) in [6.45, 7) is 6.57. The molecule has 1 saturated heterocycles. The van der Waals surface area contributed by atoms with E-state index in [0.717, 1.165) is 44.2 Å². The van der Waals surface area contributed by atoms with Gasteiger partial charge in [-0.1, -0.05) is 12.1 Å². The Morgan fingerprint density at radius 2 is 1.85 bits per heavy atom. The number of benzene rings is 1. The van der Waals surface area contributed by atoms with Crippen molar-refractivity contribution in [1.29, 1.82) is 0 Å². The van der Waals surface area contributed by atoms with E-state index in [1.54, 1.807) is 19.2 Å². The molecule has 3 aromatic rings. The van der Waals surface area contributed by atoms with Crippen molar-refractivity contribution >= 4 is 11.6 Å². The molecule has 1 fully saturated rings. The lowest BCUT2D eigenvalue weighted by Crippen LogP contribution is -2.28. The van der Waals surface area contributed by atoms with Crippen LogP contribution < -0.4 is 10.2 Å². The molecule has 2 aliphatic rings. The van der Waals surface area contributed by atoms with E-state index in [2.05, 4.69) is 54.1 Å². The van der Waals surface area contributed by atoms with Gasteiger partial charge in [-0.25, -0.2) is 0 Å². The largest absolute Gasteiger partial charge is 0.453 e. The van der Waals surface area contributed by atoms with Gasteiger partial charge in [-0.2, -0.15) is 0 Å². The monoisotopic (exact) mass is 464 g/mol. The zero-order valence-corrected chi connectivity index (χ0v) is 19.7. The summed E-state index contributed by atoms with van der Waals surface area (Å²) in [4.78, 5) is 17.4. The van der Waals surface area contributed by atoms with Crippen LogP contribution in [0.4, 0.5) is 5.69 Å². The average Bonchev–Trinajstić information content (AvgIpc) is 3.60.